The number of piperazine rings is 1. The summed E-state index contributed by atoms with van der Waals surface area (Å²) >= 11 is 0. The van der Waals surface area contributed by atoms with Crippen LogP contribution >= 0.6 is 0 Å². The Morgan fingerprint density at radius 1 is 1.00 bits per heavy atom. The number of allylic oxidation sites excluding steroid dienone is 2. The molecule has 3 aromatic heterocycles. The molecule has 41 heavy (non-hydrogen) atoms. The van der Waals surface area contributed by atoms with Crippen molar-refractivity contribution in [3.8, 4) is 17.0 Å². The molecule has 10 heteroatoms. The first-order valence-corrected chi connectivity index (χ1v) is 13.5. The van der Waals surface area contributed by atoms with E-state index in [-0.39, 0.29) is 17.5 Å². The van der Waals surface area contributed by atoms with E-state index in [0.29, 0.717) is 52.5 Å². The van der Waals surface area contributed by atoms with Crippen LogP contribution in [0.5, 0.6) is 5.75 Å². The Hall–Kier alpha value is -4.83. The number of carbonyl (C=O) groups is 2. The number of nitrogens with two attached hydrogens (primary N) is 1. The summed E-state index contributed by atoms with van der Waals surface area (Å²) in [5.41, 5.74) is 11.0. The minimum atomic E-state index is -0.211. The zero-order valence-corrected chi connectivity index (χ0v) is 23.5. The number of Topliss-reactive ketones (excluding diaryl/α,β-unsaturated/α-hetero) is 1. The predicted molar refractivity (Wildman–Crippen MR) is 160 cm³/mol. The van der Waals surface area contributed by atoms with E-state index in [1.165, 1.54) is 6.92 Å². The van der Waals surface area contributed by atoms with Crippen LogP contribution in [0, 0.1) is 0 Å². The molecule has 1 aliphatic heterocycles. The molecule has 0 saturated carbocycles. The Bertz CT molecular complexity index is 1870. The van der Waals surface area contributed by atoms with Crippen molar-refractivity contribution in [1.29, 1.82) is 0 Å². The number of likely N-dealkylation sites (N-methyl/N-ethyl adjacent to an activating group) is 1. The molecule has 0 radical (unpaired) electrons. The second-order valence-corrected chi connectivity index (χ2v) is 10.4. The van der Waals surface area contributed by atoms with E-state index >= 15 is 0 Å². The van der Waals surface area contributed by atoms with Gasteiger partial charge in [-0.25, -0.2) is 9.97 Å². The fourth-order valence-electron chi connectivity index (χ4n) is 5.61. The number of benzene rings is 2. The maximum Gasteiger partial charge on any atom is 0.291 e. The van der Waals surface area contributed by atoms with Crippen molar-refractivity contribution >= 4 is 50.1 Å². The highest BCUT2D eigenvalue weighted by atomic mass is 16.5. The third-order valence-corrected chi connectivity index (χ3v) is 7.67. The number of pyridine rings is 1. The van der Waals surface area contributed by atoms with E-state index in [1.54, 1.807) is 25.1 Å². The predicted octanol–water partition coefficient (Wildman–Crippen LogP) is 4.00. The molecular weight excluding hydrogens is 518 g/mol. The van der Waals surface area contributed by atoms with Crippen molar-refractivity contribution in [2.24, 2.45) is 5.73 Å². The van der Waals surface area contributed by atoms with E-state index in [0.717, 1.165) is 40.3 Å². The molecule has 0 aliphatic carbocycles. The van der Waals surface area contributed by atoms with Gasteiger partial charge in [0.15, 0.2) is 5.78 Å². The maximum absolute atomic E-state index is 13.7. The van der Waals surface area contributed by atoms with Gasteiger partial charge in [0.1, 0.15) is 11.4 Å². The molecule has 0 spiro atoms. The second-order valence-electron chi connectivity index (χ2n) is 10.4. The number of amides is 1. The van der Waals surface area contributed by atoms with E-state index in [4.69, 9.17) is 20.4 Å². The van der Waals surface area contributed by atoms with Gasteiger partial charge in [0.25, 0.3) is 5.91 Å². The molecule has 5 aromatic rings. The van der Waals surface area contributed by atoms with Crippen LogP contribution in [0.4, 0.5) is 0 Å². The number of aromatic nitrogens is 4. The fraction of sp³-hybridized carbons (Fsp3) is 0.258. The third-order valence-electron chi connectivity index (χ3n) is 7.67. The number of methoxy groups -OCH3 is 1. The van der Waals surface area contributed by atoms with E-state index < -0.39 is 0 Å². The van der Waals surface area contributed by atoms with Crippen molar-refractivity contribution in [1.82, 2.24) is 29.7 Å². The van der Waals surface area contributed by atoms with Crippen LogP contribution in [0.15, 0.2) is 54.4 Å². The highest BCUT2D eigenvalue weighted by Gasteiger charge is 2.27. The molecule has 3 N–H and O–H groups in total. The number of carbonyl (C=O) groups excluding carboxylic acids is 2. The van der Waals surface area contributed by atoms with E-state index in [9.17, 15) is 9.59 Å². The molecule has 1 aliphatic rings. The summed E-state index contributed by atoms with van der Waals surface area (Å²) in [6.07, 6.45) is 1.75. The normalized spacial score (nSPS) is 15.0. The summed E-state index contributed by atoms with van der Waals surface area (Å²) in [6, 6.07) is 13.5. The van der Waals surface area contributed by atoms with E-state index in [2.05, 4.69) is 14.9 Å². The number of hydrogen-bond acceptors (Lipinski definition) is 8. The summed E-state index contributed by atoms with van der Waals surface area (Å²) in [7, 11) is 3.60. The van der Waals surface area contributed by atoms with Crippen LogP contribution < -0.4 is 10.5 Å². The molecule has 1 amide bonds. The molecule has 2 aromatic carbocycles. The molecule has 4 heterocycles. The molecule has 1 saturated heterocycles. The average molecular weight is 550 g/mol. The van der Waals surface area contributed by atoms with Crippen LogP contribution in [0.3, 0.4) is 0 Å². The third kappa shape index (κ3) is 4.55. The lowest BCUT2D eigenvalue weighted by molar-refractivity contribution is -0.111. The van der Waals surface area contributed by atoms with Gasteiger partial charge in [-0.15, -0.1) is 0 Å². The van der Waals surface area contributed by atoms with Gasteiger partial charge in [0.05, 0.1) is 23.7 Å². The van der Waals surface area contributed by atoms with Gasteiger partial charge in [-0.05, 0) is 45.2 Å². The highest BCUT2D eigenvalue weighted by Crippen LogP contribution is 2.40. The van der Waals surface area contributed by atoms with Gasteiger partial charge in [0, 0.05) is 71.1 Å². The smallest absolute Gasteiger partial charge is 0.291 e. The number of hydrogen-bond donors (Lipinski definition) is 2. The maximum atomic E-state index is 13.7. The summed E-state index contributed by atoms with van der Waals surface area (Å²) in [4.78, 5) is 47.8. The largest absolute Gasteiger partial charge is 0.496 e. The number of para-hydroxylation sites is 1. The lowest BCUT2D eigenvalue weighted by Crippen LogP contribution is -2.47. The Balaban J connectivity index is 1.65. The Kier molecular flexibility index (Phi) is 6.63. The first-order valence-electron chi connectivity index (χ1n) is 13.5. The Morgan fingerprint density at radius 2 is 1.76 bits per heavy atom. The lowest BCUT2D eigenvalue weighted by atomic mass is 9.97. The van der Waals surface area contributed by atoms with Gasteiger partial charge in [0.2, 0.25) is 5.82 Å². The molecular formula is C31H31N7O3. The number of rotatable bonds is 5. The van der Waals surface area contributed by atoms with Gasteiger partial charge >= 0.3 is 0 Å². The van der Waals surface area contributed by atoms with Crippen LogP contribution in [-0.4, -0.2) is 81.8 Å². The lowest BCUT2D eigenvalue weighted by Gasteiger charge is -2.31. The first-order chi connectivity index (χ1) is 19.8. The number of nitrogens with one attached hydrogen (secondary N) is 1. The Labute approximate surface area is 236 Å². The number of nitrogens with zero attached hydrogens (tertiary/aromatic N) is 5. The summed E-state index contributed by atoms with van der Waals surface area (Å²) in [6.45, 7) is 5.97. The van der Waals surface area contributed by atoms with Crippen molar-refractivity contribution in [3.63, 3.8) is 0 Å². The van der Waals surface area contributed by atoms with Gasteiger partial charge in [-0.2, -0.15) is 0 Å². The summed E-state index contributed by atoms with van der Waals surface area (Å²) in [5, 5.41) is 2.45. The van der Waals surface area contributed by atoms with Crippen LogP contribution in [-0.2, 0) is 4.79 Å². The monoisotopic (exact) mass is 549 g/mol. The second kappa shape index (κ2) is 10.3. The van der Waals surface area contributed by atoms with Crippen molar-refractivity contribution in [3.05, 3.63) is 65.7 Å². The number of aromatic amines is 1. The topological polar surface area (TPSA) is 130 Å². The minimum absolute atomic E-state index is 0.124. The van der Waals surface area contributed by atoms with Gasteiger partial charge in [-0.1, -0.05) is 18.2 Å². The summed E-state index contributed by atoms with van der Waals surface area (Å²) in [5.74, 6) is 0.245. The van der Waals surface area contributed by atoms with Gasteiger partial charge < -0.3 is 25.3 Å². The average Bonchev–Trinajstić information content (AvgIpc) is 3.33. The molecule has 208 valence electrons. The molecule has 0 bridgehead atoms. The Morgan fingerprint density at radius 3 is 2.46 bits per heavy atom. The van der Waals surface area contributed by atoms with Crippen molar-refractivity contribution in [2.45, 2.75) is 13.8 Å². The minimum Gasteiger partial charge on any atom is -0.496 e. The zero-order chi connectivity index (χ0) is 28.8. The van der Waals surface area contributed by atoms with Crippen LogP contribution in [0.2, 0.25) is 0 Å². The summed E-state index contributed by atoms with van der Waals surface area (Å²) < 4.78 is 5.75. The van der Waals surface area contributed by atoms with E-state index in [1.807, 2.05) is 49.5 Å². The number of fused-ring (bicyclic) bond motifs is 4. The van der Waals surface area contributed by atoms with Crippen molar-refractivity contribution < 1.29 is 14.3 Å². The molecule has 6 rings (SSSR count). The zero-order valence-electron chi connectivity index (χ0n) is 23.5. The first kappa shape index (κ1) is 26.4. The SMILES string of the molecule is COc1cc2c(cc1C(C(C)=O)=C(C)N)[nH]c1nc(C(=O)N3CCN(C)CC3)nc(-c3ccnc4ccccc34)c12. The molecule has 1 fully saturated rings. The van der Waals surface area contributed by atoms with Crippen LogP contribution in [0.25, 0.3) is 49.7 Å². The van der Waals surface area contributed by atoms with Crippen LogP contribution in [0.1, 0.15) is 30.0 Å². The molecule has 0 atom stereocenters. The number of H-pyrrole nitrogens is 1. The molecule has 10 nitrogen and oxygen atoms in total. The fourth-order valence-corrected chi connectivity index (χ4v) is 5.61. The van der Waals surface area contributed by atoms with Gasteiger partial charge in [-0.3, -0.25) is 14.6 Å². The highest BCUT2D eigenvalue weighted by molar-refractivity contribution is 6.23. The van der Waals surface area contributed by atoms with Crippen molar-refractivity contribution in [2.75, 3.05) is 40.3 Å². The quantitative estimate of drug-likeness (QED) is 0.315. The standard InChI is InChI=1S/C31H31N7O3/c1-17(32)26(18(2)39)22-15-24-21(16-25(22)41-4)27-28(20-9-10-33-23-8-6-5-7-19(20)23)35-30(36-29(27)34-24)31(40)38-13-11-37(3)12-14-38/h5-10,15-16H,11-14,32H2,1-4H3,(H,34,35,36). The molecule has 0 unspecified atom stereocenters. The number of ether oxygens (including phenoxy) is 1. The number of ketones is 1.